The van der Waals surface area contributed by atoms with Crippen LogP contribution in [0.3, 0.4) is 0 Å². The van der Waals surface area contributed by atoms with E-state index in [1.807, 2.05) is 20.8 Å². The van der Waals surface area contributed by atoms with Gasteiger partial charge in [-0.15, -0.1) is 10.3 Å². The molecule has 0 aromatic heterocycles. The van der Waals surface area contributed by atoms with Crippen molar-refractivity contribution in [2.45, 2.75) is 95.8 Å². The van der Waals surface area contributed by atoms with Crippen LogP contribution >= 0.6 is 10.3 Å². The van der Waals surface area contributed by atoms with E-state index in [0.717, 1.165) is 38.5 Å². The molecular weight excluding hydrogens is 502 g/mol. The van der Waals surface area contributed by atoms with Gasteiger partial charge in [0.15, 0.2) is 0 Å². The molecule has 1 aromatic rings. The molecule has 1 aromatic carbocycles. The third-order valence-corrected chi connectivity index (χ3v) is 11.2. The number of unbranched alkanes of at least 4 members (excludes halogenated alkanes) is 6. The molecule has 11 heteroatoms. The minimum absolute atomic E-state index is 0.0805. The van der Waals surface area contributed by atoms with Crippen LogP contribution in [-0.4, -0.2) is 25.7 Å². The summed E-state index contributed by atoms with van der Waals surface area (Å²) in [6.07, 6.45) is -3.05. The first kappa shape index (κ1) is 31.1. The van der Waals surface area contributed by atoms with Gasteiger partial charge in [0, 0.05) is 17.3 Å². The van der Waals surface area contributed by atoms with E-state index in [4.69, 9.17) is 3.63 Å². The van der Waals surface area contributed by atoms with Gasteiger partial charge in [-0.1, -0.05) is 59.3 Å². The Morgan fingerprint density at radius 1 is 0.647 bits per heavy atom. The molecule has 34 heavy (non-hydrogen) atoms. The third kappa shape index (κ3) is 9.97. The Morgan fingerprint density at radius 2 is 1.00 bits per heavy atom. The number of halogens is 6. The van der Waals surface area contributed by atoms with Gasteiger partial charge in [-0.25, -0.2) is 3.63 Å². The van der Waals surface area contributed by atoms with Crippen molar-refractivity contribution in [3.05, 3.63) is 29.3 Å². The third-order valence-electron chi connectivity index (χ3n) is 5.44. The van der Waals surface area contributed by atoms with Gasteiger partial charge < -0.3 is 0 Å². The van der Waals surface area contributed by atoms with Crippen LogP contribution in [0.2, 0.25) is 0 Å². The van der Waals surface area contributed by atoms with Crippen molar-refractivity contribution in [3.8, 4) is 0 Å². The van der Waals surface area contributed by atoms with Crippen molar-refractivity contribution in [2.75, 3.05) is 17.3 Å². The molecule has 0 amide bonds. The van der Waals surface area contributed by atoms with Gasteiger partial charge in [0.1, 0.15) is 0 Å². The molecule has 0 atom stereocenters. The van der Waals surface area contributed by atoms with E-state index in [1.165, 1.54) is 0 Å². The van der Waals surface area contributed by atoms with Crippen LogP contribution in [-0.2, 0) is 26.1 Å². The topological polar surface area (TPSA) is 43.4 Å². The lowest BCUT2D eigenvalue weighted by Crippen LogP contribution is -2.22. The van der Waals surface area contributed by atoms with Crippen molar-refractivity contribution in [1.29, 1.82) is 0 Å². The fourth-order valence-corrected chi connectivity index (χ4v) is 9.55. The van der Waals surface area contributed by atoms with Crippen molar-refractivity contribution >= 4 is 20.4 Å². The smallest absolute Gasteiger partial charge is 0.216 e. The van der Waals surface area contributed by atoms with Crippen molar-refractivity contribution < 1.29 is 38.4 Å². The van der Waals surface area contributed by atoms with E-state index in [0.29, 0.717) is 36.5 Å². The zero-order valence-electron chi connectivity index (χ0n) is 20.0. The molecule has 1 rings (SSSR count). The SMILES string of the molecule is CCCCCS(CCCCC)(CCCCC)OS(=O)(=O)c1cc(C(F)(F)F)cc(C(F)(F)F)c1. The summed E-state index contributed by atoms with van der Waals surface area (Å²) in [6, 6.07) is 0.390. The maximum atomic E-state index is 13.3. The quantitative estimate of drug-likeness (QED) is 0.166. The lowest BCUT2D eigenvalue weighted by molar-refractivity contribution is -0.143. The van der Waals surface area contributed by atoms with Gasteiger partial charge in [0.2, 0.25) is 0 Å². The first-order valence-electron chi connectivity index (χ1n) is 11.7. The molecule has 0 aliphatic heterocycles. The molecule has 0 spiro atoms. The summed E-state index contributed by atoms with van der Waals surface area (Å²) in [5, 5.41) is 0. The Morgan fingerprint density at radius 3 is 1.29 bits per heavy atom. The zero-order chi connectivity index (χ0) is 26.0. The Bertz CT molecular complexity index is 792. The second-order valence-corrected chi connectivity index (χ2v) is 13.5. The molecule has 0 saturated heterocycles. The summed E-state index contributed by atoms with van der Waals surface area (Å²) in [5.41, 5.74) is -3.35. The van der Waals surface area contributed by atoms with Crippen LogP contribution in [0.25, 0.3) is 0 Å². The predicted octanol–water partition coefficient (Wildman–Crippen LogP) is 8.72. The highest BCUT2D eigenvalue weighted by Crippen LogP contribution is 2.54. The fraction of sp³-hybridized carbons (Fsp3) is 0.739. The van der Waals surface area contributed by atoms with Crippen LogP contribution in [0.1, 0.15) is 89.7 Å². The lowest BCUT2D eigenvalue weighted by Gasteiger charge is -2.39. The van der Waals surface area contributed by atoms with Crippen LogP contribution in [0.4, 0.5) is 26.3 Å². The number of rotatable bonds is 15. The Hall–Kier alpha value is -0.940. The Kier molecular flexibility index (Phi) is 12.2. The molecule has 0 radical (unpaired) electrons. The van der Waals surface area contributed by atoms with E-state index in [9.17, 15) is 34.8 Å². The van der Waals surface area contributed by atoms with Gasteiger partial charge in [0.05, 0.1) is 16.0 Å². The van der Waals surface area contributed by atoms with Crippen LogP contribution in [0.15, 0.2) is 23.1 Å². The summed E-state index contributed by atoms with van der Waals surface area (Å²) >= 11 is 0. The van der Waals surface area contributed by atoms with E-state index in [1.54, 1.807) is 0 Å². The number of hydrogen-bond donors (Lipinski definition) is 0. The minimum Gasteiger partial charge on any atom is -0.216 e. The molecule has 3 nitrogen and oxygen atoms in total. The van der Waals surface area contributed by atoms with Gasteiger partial charge in [-0.2, -0.15) is 34.8 Å². The average molecular weight is 539 g/mol. The number of hydrogen-bond acceptors (Lipinski definition) is 3. The molecule has 0 unspecified atom stereocenters. The molecular formula is C23H36F6O3S2. The number of alkyl halides is 6. The monoisotopic (exact) mass is 538 g/mol. The highest BCUT2D eigenvalue weighted by Gasteiger charge is 2.40. The average Bonchev–Trinajstić information content (AvgIpc) is 2.72. The molecule has 0 bridgehead atoms. The summed E-state index contributed by atoms with van der Waals surface area (Å²) in [4.78, 5) is -1.10. The molecule has 0 fully saturated rings. The van der Waals surface area contributed by atoms with Gasteiger partial charge in [0.25, 0.3) is 0 Å². The van der Waals surface area contributed by atoms with Crippen molar-refractivity contribution in [1.82, 2.24) is 0 Å². The van der Waals surface area contributed by atoms with E-state index in [-0.39, 0.29) is 18.2 Å². The Labute approximate surface area is 201 Å². The van der Waals surface area contributed by atoms with Gasteiger partial charge >= 0.3 is 22.5 Å². The predicted molar refractivity (Wildman–Crippen MR) is 125 cm³/mol. The fourth-order valence-electron chi connectivity index (χ4n) is 3.55. The standard InChI is InChI=1S/C23H36F6O3S2/c1-4-7-10-13-33(14-11-8-5-2,15-12-9-6-3)32-34(30,31)21-17-19(22(24,25)26)16-20(18-21)23(27,28)29/h16-18H,4-15H2,1-3H3. The molecule has 0 N–H and O–H groups in total. The molecule has 0 aliphatic carbocycles. The second-order valence-electron chi connectivity index (χ2n) is 8.46. The highest BCUT2D eigenvalue weighted by molar-refractivity contribution is 8.33. The first-order valence-corrected chi connectivity index (χ1v) is 15.2. The van der Waals surface area contributed by atoms with Gasteiger partial charge in [-0.05, 0) is 37.5 Å². The maximum absolute atomic E-state index is 13.3. The van der Waals surface area contributed by atoms with Gasteiger partial charge in [-0.3, -0.25) is 0 Å². The van der Waals surface area contributed by atoms with E-state index < -0.39 is 48.8 Å². The van der Waals surface area contributed by atoms with Crippen molar-refractivity contribution in [2.24, 2.45) is 0 Å². The first-order chi connectivity index (χ1) is 15.7. The largest absolute Gasteiger partial charge is 0.416 e. The normalized spacial score (nSPS) is 13.9. The van der Waals surface area contributed by atoms with Crippen molar-refractivity contribution in [3.63, 3.8) is 0 Å². The summed E-state index contributed by atoms with van der Waals surface area (Å²) in [5.74, 6) is 1.37. The molecule has 0 aliphatic rings. The van der Waals surface area contributed by atoms with Crippen LogP contribution in [0, 0.1) is 0 Å². The van der Waals surface area contributed by atoms with E-state index in [2.05, 4.69) is 0 Å². The van der Waals surface area contributed by atoms with E-state index >= 15 is 0 Å². The Balaban J connectivity index is 3.50. The molecule has 0 saturated carbocycles. The summed E-state index contributed by atoms with van der Waals surface area (Å²) in [7, 11) is -7.12. The summed E-state index contributed by atoms with van der Waals surface area (Å²) in [6.45, 7) is 5.97. The maximum Gasteiger partial charge on any atom is 0.416 e. The highest BCUT2D eigenvalue weighted by atomic mass is 32.3. The lowest BCUT2D eigenvalue weighted by atomic mass is 10.1. The molecule has 200 valence electrons. The van der Waals surface area contributed by atoms with Crippen LogP contribution in [0.5, 0.6) is 0 Å². The number of benzene rings is 1. The summed E-state index contributed by atoms with van der Waals surface area (Å²) < 4.78 is 112. The zero-order valence-corrected chi connectivity index (χ0v) is 21.7. The second kappa shape index (κ2) is 13.4. The minimum atomic E-state index is -5.14. The molecule has 0 heterocycles. The van der Waals surface area contributed by atoms with Crippen LogP contribution < -0.4 is 0 Å².